The van der Waals surface area contributed by atoms with Crippen LogP contribution in [0.4, 0.5) is 13.2 Å². The Hall–Kier alpha value is -2.09. The summed E-state index contributed by atoms with van der Waals surface area (Å²) in [5.41, 5.74) is 6.13. The molecule has 1 aromatic carbocycles. The van der Waals surface area contributed by atoms with Crippen LogP contribution in [0.15, 0.2) is 24.3 Å². The molecule has 0 radical (unpaired) electrons. The average Bonchev–Trinajstić information content (AvgIpc) is 3.57. The number of halogens is 3. The predicted octanol–water partition coefficient (Wildman–Crippen LogP) is 4.47. The van der Waals surface area contributed by atoms with E-state index >= 15 is 0 Å². The Morgan fingerprint density at radius 1 is 1.09 bits per heavy atom. The van der Waals surface area contributed by atoms with Gasteiger partial charge in [-0.2, -0.15) is 13.2 Å². The molecule has 2 saturated carbocycles. The summed E-state index contributed by atoms with van der Waals surface area (Å²) >= 11 is 0. The molecule has 1 atom stereocenters. The van der Waals surface area contributed by atoms with Crippen LogP contribution in [0.3, 0.4) is 0 Å². The van der Waals surface area contributed by atoms with Crippen LogP contribution >= 0.6 is 0 Å². The zero-order chi connectivity index (χ0) is 23.8. The highest BCUT2D eigenvalue weighted by Gasteiger charge is 2.43. The Balaban J connectivity index is 1.37. The van der Waals surface area contributed by atoms with Gasteiger partial charge >= 0.3 is 6.18 Å². The van der Waals surface area contributed by atoms with Gasteiger partial charge in [-0.25, -0.2) is 0 Å². The third-order valence-electron chi connectivity index (χ3n) is 7.80. The van der Waals surface area contributed by atoms with Crippen LogP contribution < -0.4 is 5.73 Å². The molecule has 4 rings (SSSR count). The minimum atomic E-state index is -4.30. The summed E-state index contributed by atoms with van der Waals surface area (Å²) in [6.07, 6.45) is 3.10. The normalized spacial score (nSPS) is 22.4. The molecule has 3 fully saturated rings. The Morgan fingerprint density at radius 2 is 1.67 bits per heavy atom. The molecule has 1 aromatic rings. The SMILES string of the molecule is CC(c1ccc(C(=O)N(C2CC2)C2CCN(CC3(CC(N)=O)CCC3)CC2)cc1)C(F)(F)F. The van der Waals surface area contributed by atoms with E-state index in [1.807, 2.05) is 4.90 Å². The molecule has 33 heavy (non-hydrogen) atoms. The van der Waals surface area contributed by atoms with Gasteiger partial charge in [-0.05, 0) is 68.6 Å². The van der Waals surface area contributed by atoms with E-state index < -0.39 is 12.1 Å². The number of nitrogens with zero attached hydrogens (tertiary/aromatic N) is 2. The average molecular weight is 466 g/mol. The molecule has 1 aliphatic heterocycles. The van der Waals surface area contributed by atoms with E-state index in [0.717, 1.165) is 71.5 Å². The smallest absolute Gasteiger partial charge is 0.370 e. The Kier molecular flexibility index (Phi) is 6.76. The second-order valence-corrected chi connectivity index (χ2v) is 10.3. The lowest BCUT2D eigenvalue weighted by molar-refractivity contribution is -0.146. The van der Waals surface area contributed by atoms with E-state index in [1.165, 1.54) is 24.3 Å². The molecule has 3 aliphatic rings. The molecule has 1 unspecified atom stereocenters. The molecule has 8 heteroatoms. The van der Waals surface area contributed by atoms with Crippen molar-refractivity contribution in [2.45, 2.75) is 82.5 Å². The van der Waals surface area contributed by atoms with Crippen molar-refractivity contribution >= 4 is 11.8 Å². The largest absolute Gasteiger partial charge is 0.395 e. The summed E-state index contributed by atoms with van der Waals surface area (Å²) < 4.78 is 39.0. The second kappa shape index (κ2) is 9.28. The number of carbonyl (C=O) groups is 2. The number of likely N-dealkylation sites (tertiary alicyclic amines) is 1. The molecule has 0 aromatic heterocycles. The lowest BCUT2D eigenvalue weighted by atomic mass is 9.66. The monoisotopic (exact) mass is 465 g/mol. The lowest BCUT2D eigenvalue weighted by Gasteiger charge is -2.47. The van der Waals surface area contributed by atoms with Crippen molar-refractivity contribution < 1.29 is 22.8 Å². The van der Waals surface area contributed by atoms with E-state index in [9.17, 15) is 22.8 Å². The van der Waals surface area contributed by atoms with Crippen molar-refractivity contribution in [1.82, 2.24) is 9.80 Å². The number of alkyl halides is 3. The van der Waals surface area contributed by atoms with E-state index in [0.29, 0.717) is 12.0 Å². The van der Waals surface area contributed by atoms with Crippen LogP contribution in [0.2, 0.25) is 0 Å². The third-order valence-corrected chi connectivity index (χ3v) is 7.80. The summed E-state index contributed by atoms with van der Waals surface area (Å²) in [5, 5.41) is 0. The highest BCUT2D eigenvalue weighted by molar-refractivity contribution is 5.95. The number of piperidine rings is 1. The summed E-state index contributed by atoms with van der Waals surface area (Å²) in [6.45, 7) is 3.78. The topological polar surface area (TPSA) is 66.6 Å². The molecule has 1 saturated heterocycles. The van der Waals surface area contributed by atoms with Crippen molar-refractivity contribution in [3.63, 3.8) is 0 Å². The first-order chi connectivity index (χ1) is 15.6. The first-order valence-corrected chi connectivity index (χ1v) is 12.1. The van der Waals surface area contributed by atoms with Crippen LogP contribution in [0.1, 0.15) is 80.1 Å². The van der Waals surface area contributed by atoms with Crippen LogP contribution in [0.5, 0.6) is 0 Å². The lowest BCUT2D eigenvalue weighted by Crippen LogP contribution is -2.51. The number of carbonyl (C=O) groups excluding carboxylic acids is 2. The van der Waals surface area contributed by atoms with Gasteiger partial charge in [0.15, 0.2) is 0 Å². The minimum absolute atomic E-state index is 0.0277. The number of hydrogen-bond donors (Lipinski definition) is 1. The van der Waals surface area contributed by atoms with Gasteiger partial charge in [0.1, 0.15) is 0 Å². The number of benzene rings is 1. The van der Waals surface area contributed by atoms with Gasteiger partial charge in [0.2, 0.25) is 5.91 Å². The fourth-order valence-corrected chi connectivity index (χ4v) is 5.50. The zero-order valence-corrected chi connectivity index (χ0v) is 19.2. The van der Waals surface area contributed by atoms with Crippen molar-refractivity contribution in [2.24, 2.45) is 11.1 Å². The van der Waals surface area contributed by atoms with Crippen LogP contribution in [0.25, 0.3) is 0 Å². The maximum Gasteiger partial charge on any atom is 0.395 e. The van der Waals surface area contributed by atoms with E-state index in [4.69, 9.17) is 5.73 Å². The first kappa shape index (κ1) is 24.0. The number of amides is 2. The van der Waals surface area contributed by atoms with Crippen LogP contribution in [-0.2, 0) is 4.79 Å². The molecular formula is C25H34F3N3O2. The van der Waals surface area contributed by atoms with Crippen LogP contribution in [0, 0.1) is 5.41 Å². The van der Waals surface area contributed by atoms with Crippen molar-refractivity contribution in [3.05, 3.63) is 35.4 Å². The molecule has 2 aliphatic carbocycles. The predicted molar refractivity (Wildman–Crippen MR) is 120 cm³/mol. The molecule has 5 nitrogen and oxygen atoms in total. The van der Waals surface area contributed by atoms with Gasteiger partial charge < -0.3 is 15.5 Å². The minimum Gasteiger partial charge on any atom is -0.370 e. The van der Waals surface area contributed by atoms with Gasteiger partial charge in [0.05, 0.1) is 5.92 Å². The third kappa shape index (κ3) is 5.53. The van der Waals surface area contributed by atoms with E-state index in [-0.39, 0.29) is 34.9 Å². The molecule has 2 N–H and O–H groups in total. The summed E-state index contributed by atoms with van der Waals surface area (Å²) in [6, 6.07) is 6.30. The Bertz CT molecular complexity index is 855. The fraction of sp³-hybridized carbons (Fsp3) is 0.680. The highest BCUT2D eigenvalue weighted by atomic mass is 19.4. The number of hydrogen-bond acceptors (Lipinski definition) is 3. The van der Waals surface area contributed by atoms with Gasteiger partial charge in [-0.15, -0.1) is 0 Å². The summed E-state index contributed by atoms with van der Waals surface area (Å²) in [4.78, 5) is 29.2. The maximum absolute atomic E-state index is 13.3. The number of primary amides is 1. The second-order valence-electron chi connectivity index (χ2n) is 10.3. The zero-order valence-electron chi connectivity index (χ0n) is 19.2. The van der Waals surface area contributed by atoms with Gasteiger partial charge in [0, 0.05) is 43.7 Å². The Morgan fingerprint density at radius 3 is 2.12 bits per heavy atom. The van der Waals surface area contributed by atoms with Crippen molar-refractivity contribution in [1.29, 1.82) is 0 Å². The summed E-state index contributed by atoms with van der Waals surface area (Å²) in [5.74, 6) is -1.86. The van der Waals surface area contributed by atoms with Gasteiger partial charge in [0.25, 0.3) is 5.91 Å². The maximum atomic E-state index is 13.3. The number of rotatable bonds is 8. The van der Waals surface area contributed by atoms with Crippen molar-refractivity contribution in [2.75, 3.05) is 19.6 Å². The number of nitrogens with two attached hydrogens (primary N) is 1. The molecule has 182 valence electrons. The fourth-order valence-electron chi connectivity index (χ4n) is 5.50. The summed E-state index contributed by atoms with van der Waals surface area (Å²) in [7, 11) is 0. The first-order valence-electron chi connectivity index (χ1n) is 12.1. The van der Waals surface area contributed by atoms with Crippen molar-refractivity contribution in [3.8, 4) is 0 Å². The molecule has 0 spiro atoms. The molecule has 2 amide bonds. The van der Waals surface area contributed by atoms with E-state index in [1.54, 1.807) is 0 Å². The molecular weight excluding hydrogens is 431 g/mol. The quantitative estimate of drug-likeness (QED) is 0.616. The highest BCUT2D eigenvalue weighted by Crippen LogP contribution is 2.45. The molecule has 0 bridgehead atoms. The van der Waals surface area contributed by atoms with Gasteiger partial charge in [-0.3, -0.25) is 9.59 Å². The molecule has 1 heterocycles. The van der Waals surface area contributed by atoms with Crippen LogP contribution in [-0.4, -0.2) is 59.5 Å². The van der Waals surface area contributed by atoms with E-state index in [2.05, 4.69) is 4.90 Å². The van der Waals surface area contributed by atoms with Gasteiger partial charge in [-0.1, -0.05) is 18.6 Å². The standard InChI is InChI=1S/C25H34F3N3O2/c1-17(25(26,27)28)18-3-5-19(6-4-18)23(33)31(20-7-8-20)21-9-13-30(14-10-21)16-24(11-2-12-24)15-22(29)32/h3-6,17,20-21H,2,7-16H2,1H3,(H2,29,32). The Labute approximate surface area is 193 Å².